The summed E-state index contributed by atoms with van der Waals surface area (Å²) in [5.41, 5.74) is 3.21. The summed E-state index contributed by atoms with van der Waals surface area (Å²) >= 11 is 4.99. The molecule has 4 aromatic rings. The summed E-state index contributed by atoms with van der Waals surface area (Å²) in [6, 6.07) is 26.8. The molecular formula is C23H18N2S3. The lowest BCUT2D eigenvalue weighted by molar-refractivity contribution is 1.31. The number of para-hydroxylation sites is 1. The molecule has 0 atom stereocenters. The Kier molecular flexibility index (Phi) is 6.27. The molecule has 1 heterocycles. The van der Waals surface area contributed by atoms with Gasteiger partial charge in [-0.05, 0) is 66.6 Å². The standard InChI is InChI=1S/C23H18N2S3/c1-17-11-13-18(14-12-17)24-22(15-16-26-19-7-3-2-4-8-19)28-23-25-20-9-5-6-10-21(20)27-23/h2-16H,1H3. The van der Waals surface area contributed by atoms with Crippen LogP contribution in [0.5, 0.6) is 0 Å². The number of benzene rings is 3. The molecule has 0 unspecified atom stereocenters. The highest BCUT2D eigenvalue weighted by Crippen LogP contribution is 2.32. The summed E-state index contributed by atoms with van der Waals surface area (Å²) in [6.45, 7) is 2.08. The maximum Gasteiger partial charge on any atom is 0.157 e. The van der Waals surface area contributed by atoms with Crippen LogP contribution < -0.4 is 0 Å². The Balaban J connectivity index is 1.59. The van der Waals surface area contributed by atoms with Crippen LogP contribution >= 0.6 is 34.9 Å². The molecule has 2 nitrogen and oxygen atoms in total. The average molecular weight is 419 g/mol. The molecule has 0 N–H and O–H groups in total. The number of hydrogen-bond acceptors (Lipinski definition) is 5. The van der Waals surface area contributed by atoms with Crippen molar-refractivity contribution < 1.29 is 0 Å². The van der Waals surface area contributed by atoms with E-state index in [0.29, 0.717) is 0 Å². The minimum atomic E-state index is 0.923. The van der Waals surface area contributed by atoms with E-state index >= 15 is 0 Å². The van der Waals surface area contributed by atoms with Crippen LogP contribution in [0, 0.1) is 6.92 Å². The van der Waals surface area contributed by atoms with E-state index in [-0.39, 0.29) is 0 Å². The van der Waals surface area contributed by atoms with Crippen LogP contribution in [0.25, 0.3) is 10.2 Å². The summed E-state index contributed by atoms with van der Waals surface area (Å²) < 4.78 is 2.20. The molecule has 3 aromatic carbocycles. The number of aliphatic imine (C=N–C) groups is 1. The lowest BCUT2D eigenvalue weighted by Crippen LogP contribution is -1.86. The van der Waals surface area contributed by atoms with E-state index < -0.39 is 0 Å². The summed E-state index contributed by atoms with van der Waals surface area (Å²) in [5.74, 6) is 0. The SMILES string of the molecule is Cc1ccc(N=C(C=CSc2ccccc2)Sc2nc3ccccc3s2)cc1. The zero-order valence-corrected chi connectivity index (χ0v) is 17.7. The van der Waals surface area contributed by atoms with Gasteiger partial charge in [-0.25, -0.2) is 9.98 Å². The second kappa shape index (κ2) is 9.24. The van der Waals surface area contributed by atoms with Crippen LogP contribution in [0.15, 0.2) is 105 Å². The van der Waals surface area contributed by atoms with E-state index in [4.69, 9.17) is 9.98 Å². The van der Waals surface area contributed by atoms with E-state index in [1.54, 1.807) is 34.9 Å². The number of nitrogens with zero attached hydrogens (tertiary/aromatic N) is 2. The second-order valence-corrected chi connectivity index (χ2v) is 9.35. The smallest absolute Gasteiger partial charge is 0.157 e. The van der Waals surface area contributed by atoms with Gasteiger partial charge in [0.2, 0.25) is 0 Å². The molecule has 0 amide bonds. The molecule has 0 saturated heterocycles. The number of thioether (sulfide) groups is 2. The molecule has 0 aliphatic rings. The lowest BCUT2D eigenvalue weighted by atomic mass is 10.2. The van der Waals surface area contributed by atoms with Crippen LogP contribution in [0.1, 0.15) is 5.56 Å². The third-order valence-electron chi connectivity index (χ3n) is 3.90. The van der Waals surface area contributed by atoms with Gasteiger partial charge in [-0.1, -0.05) is 59.8 Å². The van der Waals surface area contributed by atoms with E-state index in [1.165, 1.54) is 15.2 Å². The van der Waals surface area contributed by atoms with Crippen molar-refractivity contribution in [2.24, 2.45) is 4.99 Å². The van der Waals surface area contributed by atoms with Gasteiger partial charge in [-0.3, -0.25) is 0 Å². The highest BCUT2D eigenvalue weighted by molar-refractivity contribution is 8.15. The van der Waals surface area contributed by atoms with Gasteiger partial charge < -0.3 is 0 Å². The Morgan fingerprint density at radius 3 is 2.46 bits per heavy atom. The van der Waals surface area contributed by atoms with Crippen LogP contribution in [0.4, 0.5) is 5.69 Å². The first-order valence-corrected chi connectivity index (χ1v) is 11.3. The van der Waals surface area contributed by atoms with Crippen molar-refractivity contribution in [2.45, 2.75) is 16.2 Å². The van der Waals surface area contributed by atoms with Gasteiger partial charge in [0, 0.05) is 4.90 Å². The molecule has 138 valence electrons. The monoisotopic (exact) mass is 418 g/mol. The van der Waals surface area contributed by atoms with Gasteiger partial charge in [-0.2, -0.15) is 0 Å². The molecule has 0 aliphatic heterocycles. The Hall–Kier alpha value is -2.34. The van der Waals surface area contributed by atoms with Gasteiger partial charge in [0.05, 0.1) is 15.9 Å². The minimum absolute atomic E-state index is 0.923. The maximum atomic E-state index is 4.84. The summed E-state index contributed by atoms with van der Waals surface area (Å²) in [4.78, 5) is 10.8. The van der Waals surface area contributed by atoms with Crippen LogP contribution in [0.2, 0.25) is 0 Å². The van der Waals surface area contributed by atoms with Gasteiger partial charge >= 0.3 is 0 Å². The zero-order valence-electron chi connectivity index (χ0n) is 15.3. The van der Waals surface area contributed by atoms with Gasteiger partial charge in [0.25, 0.3) is 0 Å². The minimum Gasteiger partial charge on any atom is -0.242 e. The van der Waals surface area contributed by atoms with Crippen molar-refractivity contribution in [3.63, 3.8) is 0 Å². The lowest BCUT2D eigenvalue weighted by Gasteiger charge is -2.01. The first-order valence-electron chi connectivity index (χ1n) is 8.83. The molecule has 4 rings (SSSR count). The summed E-state index contributed by atoms with van der Waals surface area (Å²) in [6.07, 6.45) is 2.06. The normalized spacial score (nSPS) is 12.1. The summed E-state index contributed by atoms with van der Waals surface area (Å²) in [7, 11) is 0. The van der Waals surface area contributed by atoms with Gasteiger partial charge in [0.15, 0.2) is 4.34 Å². The average Bonchev–Trinajstić information content (AvgIpc) is 3.13. The van der Waals surface area contributed by atoms with Crippen molar-refractivity contribution in [2.75, 3.05) is 0 Å². The van der Waals surface area contributed by atoms with Gasteiger partial charge in [0.1, 0.15) is 5.04 Å². The van der Waals surface area contributed by atoms with Crippen molar-refractivity contribution in [3.8, 4) is 0 Å². The van der Waals surface area contributed by atoms with Crippen LogP contribution in [-0.2, 0) is 0 Å². The molecule has 1 aromatic heterocycles. The van der Waals surface area contributed by atoms with E-state index in [2.05, 4.69) is 48.7 Å². The highest BCUT2D eigenvalue weighted by atomic mass is 32.2. The quantitative estimate of drug-likeness (QED) is 0.188. The first-order chi connectivity index (χ1) is 13.8. The van der Waals surface area contributed by atoms with Crippen molar-refractivity contribution in [1.82, 2.24) is 4.98 Å². The Bertz CT molecular complexity index is 1080. The van der Waals surface area contributed by atoms with Crippen molar-refractivity contribution in [1.29, 1.82) is 0 Å². The summed E-state index contributed by atoms with van der Waals surface area (Å²) in [5, 5.41) is 3.01. The maximum absolute atomic E-state index is 4.84. The third kappa shape index (κ3) is 5.13. The highest BCUT2D eigenvalue weighted by Gasteiger charge is 2.07. The fourth-order valence-corrected chi connectivity index (χ4v) is 5.25. The largest absolute Gasteiger partial charge is 0.242 e. The molecule has 0 radical (unpaired) electrons. The molecule has 5 heteroatoms. The molecule has 0 spiro atoms. The van der Waals surface area contributed by atoms with Crippen LogP contribution in [-0.4, -0.2) is 10.0 Å². The molecule has 0 bridgehead atoms. The van der Waals surface area contributed by atoms with E-state index in [0.717, 1.165) is 20.6 Å². The molecule has 0 fully saturated rings. The van der Waals surface area contributed by atoms with E-state index in [9.17, 15) is 0 Å². The Morgan fingerprint density at radius 2 is 1.68 bits per heavy atom. The van der Waals surface area contributed by atoms with E-state index in [1.807, 2.05) is 48.5 Å². The predicted octanol–water partition coefficient (Wildman–Crippen LogP) is 7.73. The molecular weight excluding hydrogens is 400 g/mol. The number of thiazole rings is 1. The number of fused-ring (bicyclic) bond motifs is 1. The van der Waals surface area contributed by atoms with Gasteiger partial charge in [-0.15, -0.1) is 11.3 Å². The topological polar surface area (TPSA) is 25.2 Å². The number of aryl methyl sites for hydroxylation is 1. The fraction of sp³-hybridized carbons (Fsp3) is 0.0435. The van der Waals surface area contributed by atoms with Crippen LogP contribution in [0.3, 0.4) is 0 Å². The predicted molar refractivity (Wildman–Crippen MR) is 125 cm³/mol. The Labute approximate surface area is 177 Å². The molecule has 0 saturated carbocycles. The molecule has 28 heavy (non-hydrogen) atoms. The second-order valence-electron chi connectivity index (χ2n) is 6.07. The number of aromatic nitrogens is 1. The van der Waals surface area contributed by atoms with Crippen molar-refractivity contribution in [3.05, 3.63) is 95.9 Å². The Morgan fingerprint density at radius 1 is 0.929 bits per heavy atom. The fourth-order valence-electron chi connectivity index (χ4n) is 2.49. The zero-order chi connectivity index (χ0) is 19.2. The number of rotatable bonds is 5. The molecule has 0 aliphatic carbocycles. The first kappa shape index (κ1) is 19.0. The number of hydrogen-bond donors (Lipinski definition) is 0. The third-order valence-corrected chi connectivity index (χ3v) is 6.75. The van der Waals surface area contributed by atoms with Crippen molar-refractivity contribution >= 4 is 55.8 Å².